The number of hydrogen-bond donors (Lipinski definition) is 1. The summed E-state index contributed by atoms with van der Waals surface area (Å²) in [7, 11) is 2.84. The van der Waals surface area contributed by atoms with Crippen LogP contribution in [0.25, 0.3) is 5.76 Å². The lowest BCUT2D eigenvalue weighted by molar-refractivity contribution is -0.132. The molecule has 1 saturated heterocycles. The number of furan rings is 1. The molecule has 0 radical (unpaired) electrons. The van der Waals surface area contributed by atoms with Gasteiger partial charge in [0.25, 0.3) is 11.7 Å². The molecule has 1 aromatic heterocycles. The molecule has 2 heterocycles. The number of aliphatic hydroxyl groups is 1. The van der Waals surface area contributed by atoms with E-state index in [1.54, 1.807) is 24.3 Å². The third-order valence-electron chi connectivity index (χ3n) is 5.61. The van der Waals surface area contributed by atoms with Crippen LogP contribution in [0.1, 0.15) is 29.9 Å². The monoisotopic (exact) mass is 467 g/mol. The second-order valence-corrected chi connectivity index (χ2v) is 7.80. The summed E-state index contributed by atoms with van der Waals surface area (Å²) in [5.41, 5.74) is 1.63. The van der Waals surface area contributed by atoms with Gasteiger partial charge >= 0.3 is 0 Å². The number of hydrogen-bond acceptors (Lipinski definition) is 6. The number of Topliss-reactive ketones (excluding diaryl/α,β-unsaturated/α-hetero) is 1. The van der Waals surface area contributed by atoms with E-state index in [1.807, 2.05) is 19.1 Å². The summed E-state index contributed by atoms with van der Waals surface area (Å²) < 4.78 is 16.2. The van der Waals surface area contributed by atoms with E-state index in [4.69, 9.17) is 25.5 Å². The van der Waals surface area contributed by atoms with Crippen LogP contribution in [0.5, 0.6) is 11.5 Å². The van der Waals surface area contributed by atoms with Gasteiger partial charge < -0.3 is 19.0 Å². The number of benzene rings is 2. The quantitative estimate of drug-likeness (QED) is 0.307. The van der Waals surface area contributed by atoms with Crippen LogP contribution in [0.3, 0.4) is 0 Å². The summed E-state index contributed by atoms with van der Waals surface area (Å²) in [6.45, 7) is 2.03. The van der Waals surface area contributed by atoms with Gasteiger partial charge in [-0.15, -0.1) is 0 Å². The molecule has 1 amide bonds. The van der Waals surface area contributed by atoms with Crippen LogP contribution < -0.4 is 14.4 Å². The van der Waals surface area contributed by atoms with Gasteiger partial charge in [0.15, 0.2) is 0 Å². The predicted molar refractivity (Wildman–Crippen MR) is 124 cm³/mol. The Bertz CT molecular complexity index is 1230. The number of aliphatic hydroxyl groups excluding tert-OH is 1. The molecule has 1 N–H and O–H groups in total. The maximum atomic E-state index is 13.2. The van der Waals surface area contributed by atoms with Crippen molar-refractivity contribution in [2.45, 2.75) is 19.4 Å². The highest BCUT2D eigenvalue weighted by Crippen LogP contribution is 2.44. The molecular formula is C25H22ClNO6. The van der Waals surface area contributed by atoms with Crippen molar-refractivity contribution >= 4 is 34.7 Å². The van der Waals surface area contributed by atoms with E-state index >= 15 is 0 Å². The number of carbonyl (C=O) groups is 2. The maximum Gasteiger partial charge on any atom is 0.300 e. The summed E-state index contributed by atoms with van der Waals surface area (Å²) in [4.78, 5) is 27.7. The van der Waals surface area contributed by atoms with Gasteiger partial charge in [-0.05, 0) is 42.3 Å². The fourth-order valence-electron chi connectivity index (χ4n) is 3.90. The van der Waals surface area contributed by atoms with Crippen LogP contribution in [0.4, 0.5) is 5.69 Å². The number of rotatable bonds is 6. The Labute approximate surface area is 195 Å². The number of methoxy groups -OCH3 is 2. The average molecular weight is 468 g/mol. The molecule has 0 spiro atoms. The fourth-order valence-corrected chi connectivity index (χ4v) is 4.13. The number of ether oxygens (including phenoxy) is 2. The standard InChI is InChI=1S/C25H22ClNO6/c1-4-14-7-9-15(10-8-14)27-22(18-6-5-11-33-18)21(24(29)25(27)30)23(28)16-12-20(32-3)17(26)13-19(16)31-2/h5-13,22,28H,4H2,1-3H3/b23-21+. The summed E-state index contributed by atoms with van der Waals surface area (Å²) in [5.74, 6) is -1.22. The van der Waals surface area contributed by atoms with E-state index in [-0.39, 0.29) is 27.7 Å². The lowest BCUT2D eigenvalue weighted by Gasteiger charge is -2.23. The molecule has 7 nitrogen and oxygen atoms in total. The first kappa shape index (κ1) is 22.5. The molecule has 8 heteroatoms. The van der Waals surface area contributed by atoms with Crippen molar-refractivity contribution in [2.75, 3.05) is 19.1 Å². The molecule has 4 rings (SSSR count). The topological polar surface area (TPSA) is 89.2 Å². The molecule has 33 heavy (non-hydrogen) atoms. The normalized spacial score (nSPS) is 17.5. The van der Waals surface area contributed by atoms with Crippen LogP contribution in [0.2, 0.25) is 5.02 Å². The highest BCUT2D eigenvalue weighted by molar-refractivity contribution is 6.51. The molecule has 170 valence electrons. The molecule has 2 aromatic carbocycles. The minimum atomic E-state index is -0.973. The molecule has 1 aliphatic rings. The fraction of sp³-hybridized carbons (Fsp3) is 0.200. The third-order valence-corrected chi connectivity index (χ3v) is 5.90. The van der Waals surface area contributed by atoms with Crippen molar-refractivity contribution in [3.8, 4) is 11.5 Å². The van der Waals surface area contributed by atoms with Crippen LogP contribution in [-0.2, 0) is 16.0 Å². The molecule has 1 aliphatic heterocycles. The van der Waals surface area contributed by atoms with Crippen LogP contribution in [-0.4, -0.2) is 31.0 Å². The van der Waals surface area contributed by atoms with E-state index in [0.29, 0.717) is 11.4 Å². The predicted octanol–water partition coefficient (Wildman–Crippen LogP) is 5.14. The number of ketones is 1. The highest BCUT2D eigenvalue weighted by atomic mass is 35.5. The van der Waals surface area contributed by atoms with Gasteiger partial charge in [-0.2, -0.15) is 0 Å². The summed E-state index contributed by atoms with van der Waals surface area (Å²) in [5, 5.41) is 11.6. The third kappa shape index (κ3) is 3.85. The van der Waals surface area contributed by atoms with Crippen LogP contribution >= 0.6 is 11.6 Å². The Hall–Kier alpha value is -3.71. The zero-order chi connectivity index (χ0) is 23.7. The van der Waals surface area contributed by atoms with Crippen molar-refractivity contribution < 1.29 is 28.6 Å². The van der Waals surface area contributed by atoms with Crippen LogP contribution in [0.15, 0.2) is 64.8 Å². The lowest BCUT2D eigenvalue weighted by Crippen LogP contribution is -2.29. The van der Waals surface area contributed by atoms with Gasteiger partial charge in [-0.3, -0.25) is 14.5 Å². The molecule has 0 aliphatic carbocycles. The van der Waals surface area contributed by atoms with Crippen molar-refractivity contribution in [1.29, 1.82) is 0 Å². The largest absolute Gasteiger partial charge is 0.507 e. The van der Waals surface area contributed by atoms with Gasteiger partial charge in [-0.25, -0.2) is 0 Å². The first-order chi connectivity index (χ1) is 15.9. The van der Waals surface area contributed by atoms with E-state index in [9.17, 15) is 14.7 Å². The minimum absolute atomic E-state index is 0.128. The number of carbonyl (C=O) groups excluding carboxylic acids is 2. The van der Waals surface area contributed by atoms with Gasteiger partial charge in [0.1, 0.15) is 29.1 Å². The van der Waals surface area contributed by atoms with Gasteiger partial charge in [0, 0.05) is 11.8 Å². The highest BCUT2D eigenvalue weighted by Gasteiger charge is 2.48. The van der Waals surface area contributed by atoms with E-state index in [2.05, 4.69) is 0 Å². The zero-order valence-corrected chi connectivity index (χ0v) is 19.1. The molecule has 0 bridgehead atoms. The van der Waals surface area contributed by atoms with Crippen LogP contribution in [0, 0.1) is 0 Å². The van der Waals surface area contributed by atoms with Crippen molar-refractivity contribution in [3.05, 3.63) is 82.3 Å². The van der Waals surface area contributed by atoms with E-state index < -0.39 is 23.5 Å². The van der Waals surface area contributed by atoms with Gasteiger partial charge in [0.2, 0.25) is 0 Å². The number of halogens is 1. The maximum absolute atomic E-state index is 13.2. The summed E-state index contributed by atoms with van der Waals surface area (Å²) in [6, 6.07) is 12.6. The molecule has 0 saturated carbocycles. The van der Waals surface area contributed by atoms with E-state index in [1.165, 1.54) is 37.5 Å². The first-order valence-electron chi connectivity index (χ1n) is 10.3. The molecular weight excluding hydrogens is 446 g/mol. The van der Waals surface area contributed by atoms with E-state index in [0.717, 1.165) is 12.0 Å². The second-order valence-electron chi connectivity index (χ2n) is 7.39. The number of aryl methyl sites for hydroxylation is 1. The molecule has 1 atom stereocenters. The number of nitrogens with zero attached hydrogens (tertiary/aromatic N) is 1. The Balaban J connectivity index is 1.94. The number of amides is 1. The summed E-state index contributed by atoms with van der Waals surface area (Å²) in [6.07, 6.45) is 2.28. The zero-order valence-electron chi connectivity index (χ0n) is 18.3. The Morgan fingerprint density at radius 3 is 2.36 bits per heavy atom. The Kier molecular flexibility index (Phi) is 6.16. The van der Waals surface area contributed by atoms with Crippen molar-refractivity contribution in [1.82, 2.24) is 0 Å². The second kappa shape index (κ2) is 9.03. The Morgan fingerprint density at radius 1 is 1.09 bits per heavy atom. The first-order valence-corrected chi connectivity index (χ1v) is 10.6. The molecule has 3 aromatic rings. The minimum Gasteiger partial charge on any atom is -0.507 e. The molecule has 1 fully saturated rings. The van der Waals surface area contributed by atoms with Crippen molar-refractivity contribution in [3.63, 3.8) is 0 Å². The number of anilines is 1. The lowest BCUT2D eigenvalue weighted by atomic mass is 9.98. The summed E-state index contributed by atoms with van der Waals surface area (Å²) >= 11 is 6.19. The smallest absolute Gasteiger partial charge is 0.300 e. The SMILES string of the molecule is CCc1ccc(N2C(=O)C(=O)/C(=C(/O)c3cc(OC)c(Cl)cc3OC)C2c2ccco2)cc1. The van der Waals surface area contributed by atoms with Crippen molar-refractivity contribution in [2.24, 2.45) is 0 Å². The Morgan fingerprint density at radius 2 is 1.79 bits per heavy atom. The van der Waals surface area contributed by atoms with Gasteiger partial charge in [0.05, 0.1) is 36.6 Å². The molecule has 1 unspecified atom stereocenters. The van der Waals surface area contributed by atoms with Gasteiger partial charge in [-0.1, -0.05) is 30.7 Å². The average Bonchev–Trinajstić information content (AvgIpc) is 3.45.